The molecule has 6 nitrogen and oxygen atoms in total. The van der Waals surface area contributed by atoms with Gasteiger partial charge in [-0.15, -0.1) is 0 Å². The van der Waals surface area contributed by atoms with E-state index in [9.17, 15) is 9.59 Å². The monoisotopic (exact) mass is 423 g/mol. The molecule has 5 rings (SSSR count). The third kappa shape index (κ3) is 3.07. The van der Waals surface area contributed by atoms with Gasteiger partial charge in [0.1, 0.15) is 5.75 Å². The van der Waals surface area contributed by atoms with Crippen molar-refractivity contribution >= 4 is 23.0 Å². The Bertz CT molecular complexity index is 1180. The number of benzene rings is 2. The summed E-state index contributed by atoms with van der Waals surface area (Å²) in [4.78, 5) is 29.8. The second-order valence-corrected chi connectivity index (χ2v) is 8.14. The lowest BCUT2D eigenvalue weighted by molar-refractivity contribution is 0.270. The number of likely N-dealkylation sites (N-methyl/N-ethyl adjacent to an activating group) is 1. The Morgan fingerprint density at radius 2 is 1.80 bits per heavy atom. The second kappa shape index (κ2) is 7.45. The Kier molecular flexibility index (Phi) is 4.76. The van der Waals surface area contributed by atoms with E-state index in [1.54, 1.807) is 18.2 Å². The summed E-state index contributed by atoms with van der Waals surface area (Å²) in [5, 5.41) is 3.99. The molecule has 0 saturated carbocycles. The van der Waals surface area contributed by atoms with Gasteiger partial charge in [-0.3, -0.25) is 9.59 Å². The van der Waals surface area contributed by atoms with Crippen LogP contribution in [0.2, 0.25) is 5.02 Å². The van der Waals surface area contributed by atoms with Crippen LogP contribution in [0.5, 0.6) is 11.5 Å². The summed E-state index contributed by atoms with van der Waals surface area (Å²) in [6.45, 7) is 6.35. The van der Waals surface area contributed by atoms with Crippen LogP contribution in [0.3, 0.4) is 0 Å². The summed E-state index contributed by atoms with van der Waals surface area (Å²) < 4.78 is 6.12. The Hall–Kier alpha value is -2.83. The molecule has 0 radical (unpaired) electrons. The van der Waals surface area contributed by atoms with Crippen LogP contribution in [0, 0.1) is 0 Å². The lowest BCUT2D eigenvalue weighted by atomic mass is 9.91. The number of ether oxygens (including phenoxy) is 1. The molecule has 7 heteroatoms. The number of fused-ring (bicyclic) bond motifs is 2. The number of piperazine rings is 1. The molecule has 0 aliphatic carbocycles. The van der Waals surface area contributed by atoms with Crippen LogP contribution < -0.4 is 25.8 Å². The number of para-hydroxylation sites is 1. The largest absolute Gasteiger partial charge is 0.455 e. The summed E-state index contributed by atoms with van der Waals surface area (Å²) >= 11 is 6.20. The number of nitrogens with zero attached hydrogens (tertiary/aromatic N) is 2. The summed E-state index contributed by atoms with van der Waals surface area (Å²) in [5.41, 5.74) is 1.73. The first-order valence-electron chi connectivity index (χ1n) is 10.2. The van der Waals surface area contributed by atoms with Crippen molar-refractivity contribution < 1.29 is 4.74 Å². The lowest BCUT2D eigenvalue weighted by Crippen LogP contribution is -2.52. The minimum atomic E-state index is -0.481. The van der Waals surface area contributed by atoms with Gasteiger partial charge in [-0.05, 0) is 30.8 Å². The lowest BCUT2D eigenvalue weighted by Gasteiger charge is -2.37. The molecule has 0 bridgehead atoms. The molecule has 2 heterocycles. The van der Waals surface area contributed by atoms with E-state index < -0.39 is 16.9 Å². The van der Waals surface area contributed by atoms with Gasteiger partial charge in [0.05, 0.1) is 23.0 Å². The molecule has 1 N–H and O–H groups in total. The quantitative estimate of drug-likeness (QED) is 0.651. The number of hydrogen-bond acceptors (Lipinski definition) is 6. The van der Waals surface area contributed by atoms with Crippen molar-refractivity contribution in [3.05, 3.63) is 79.1 Å². The van der Waals surface area contributed by atoms with Gasteiger partial charge in [0.2, 0.25) is 10.9 Å². The Labute approximate surface area is 179 Å². The third-order valence-electron chi connectivity index (χ3n) is 6.04. The molecule has 30 heavy (non-hydrogen) atoms. The molecule has 0 aromatic heterocycles. The van der Waals surface area contributed by atoms with E-state index in [-0.39, 0.29) is 0 Å². The first-order valence-corrected chi connectivity index (χ1v) is 10.6. The van der Waals surface area contributed by atoms with Crippen molar-refractivity contribution in [3.8, 4) is 11.5 Å². The van der Waals surface area contributed by atoms with E-state index in [4.69, 9.17) is 16.3 Å². The fraction of sp³-hybridized carbons (Fsp3) is 0.304. The Morgan fingerprint density at radius 3 is 2.57 bits per heavy atom. The molecule has 3 aromatic carbocycles. The van der Waals surface area contributed by atoms with Crippen molar-refractivity contribution in [1.82, 2.24) is 4.90 Å². The summed E-state index contributed by atoms with van der Waals surface area (Å²) in [7, 11) is 0. The van der Waals surface area contributed by atoms with Gasteiger partial charge in [0, 0.05) is 36.8 Å². The highest BCUT2D eigenvalue weighted by molar-refractivity contribution is 6.31. The number of rotatable bonds is 3. The maximum absolute atomic E-state index is 12.8. The van der Waals surface area contributed by atoms with Gasteiger partial charge in [-0.1, -0.05) is 36.7 Å². The average molecular weight is 424 g/mol. The van der Waals surface area contributed by atoms with Crippen LogP contribution in [0.1, 0.15) is 24.1 Å². The molecule has 1 unspecified atom stereocenters. The third-order valence-corrected chi connectivity index (χ3v) is 6.27. The maximum atomic E-state index is 12.8. The molecular weight excluding hydrogens is 402 g/mol. The number of nitrogens with one attached hydrogen (secondary N) is 1. The van der Waals surface area contributed by atoms with E-state index in [2.05, 4.69) is 22.0 Å². The summed E-state index contributed by atoms with van der Waals surface area (Å²) in [6.07, 6.45) is 0. The van der Waals surface area contributed by atoms with Crippen LogP contribution in [-0.2, 0) is 0 Å². The van der Waals surface area contributed by atoms with Crippen molar-refractivity contribution in [2.75, 3.05) is 42.9 Å². The molecule has 1 atom stereocenters. The van der Waals surface area contributed by atoms with Gasteiger partial charge < -0.3 is 19.9 Å². The van der Waals surface area contributed by atoms with Crippen LogP contribution in [0.15, 0.2) is 52.1 Å². The van der Waals surface area contributed by atoms with Crippen LogP contribution in [0.4, 0.5) is 11.4 Å². The number of hydrogen-bond donors (Lipinski definition) is 1. The minimum absolute atomic E-state index is 0.397. The normalized spacial score (nSPS) is 18.9. The van der Waals surface area contributed by atoms with Crippen molar-refractivity contribution in [1.29, 1.82) is 0 Å². The smallest absolute Gasteiger partial charge is 0.249 e. The predicted molar refractivity (Wildman–Crippen MR) is 119 cm³/mol. The molecular formula is C23H22ClN3O3. The van der Waals surface area contributed by atoms with E-state index >= 15 is 0 Å². The van der Waals surface area contributed by atoms with Gasteiger partial charge in [-0.2, -0.15) is 0 Å². The fourth-order valence-corrected chi connectivity index (χ4v) is 4.53. The number of anilines is 2. The van der Waals surface area contributed by atoms with Crippen LogP contribution >= 0.6 is 11.6 Å². The van der Waals surface area contributed by atoms with Gasteiger partial charge in [0.25, 0.3) is 0 Å². The zero-order valence-electron chi connectivity index (χ0n) is 16.7. The number of halogens is 1. The van der Waals surface area contributed by atoms with Crippen molar-refractivity contribution in [2.45, 2.75) is 13.0 Å². The fourth-order valence-electron chi connectivity index (χ4n) is 4.36. The highest BCUT2D eigenvalue weighted by Gasteiger charge is 2.36. The average Bonchev–Trinajstić information content (AvgIpc) is 2.93. The zero-order valence-corrected chi connectivity index (χ0v) is 17.4. The Balaban J connectivity index is 1.59. The van der Waals surface area contributed by atoms with Gasteiger partial charge >= 0.3 is 0 Å². The minimum Gasteiger partial charge on any atom is -0.455 e. The second-order valence-electron chi connectivity index (χ2n) is 7.70. The van der Waals surface area contributed by atoms with E-state index in [1.165, 1.54) is 0 Å². The molecule has 1 saturated heterocycles. The first-order chi connectivity index (χ1) is 14.6. The zero-order chi connectivity index (χ0) is 20.8. The summed E-state index contributed by atoms with van der Waals surface area (Å²) in [6, 6.07) is 12.5. The van der Waals surface area contributed by atoms with E-state index in [0.29, 0.717) is 33.5 Å². The highest BCUT2D eigenvalue weighted by atomic mass is 35.5. The maximum Gasteiger partial charge on any atom is 0.249 e. The van der Waals surface area contributed by atoms with Gasteiger partial charge in [0.15, 0.2) is 5.75 Å². The standard InChI is InChI=1S/C23H22ClN3O3/c1-2-26-9-11-27(12-10-26)21-19(22(28)23(21)29)20-15-5-3-4-6-17(15)30-18-8-7-14(24)13-16(18)25-20/h3-8,13,20,25H,2,9-12H2,1H3. The molecule has 2 aliphatic rings. The molecule has 154 valence electrons. The van der Waals surface area contributed by atoms with E-state index in [0.717, 1.165) is 38.3 Å². The SMILES string of the molecule is CCN1CCN(c2c(C3Nc4cc(Cl)ccc4Oc4ccccc43)c(=O)c2=O)CC1. The molecule has 0 amide bonds. The predicted octanol–water partition coefficient (Wildman–Crippen LogP) is 3.39. The Morgan fingerprint density at radius 1 is 1.03 bits per heavy atom. The first kappa shape index (κ1) is 19.2. The van der Waals surface area contributed by atoms with Gasteiger partial charge in [-0.25, -0.2) is 0 Å². The van der Waals surface area contributed by atoms with Crippen LogP contribution in [-0.4, -0.2) is 37.6 Å². The van der Waals surface area contributed by atoms with E-state index in [1.807, 2.05) is 24.3 Å². The van der Waals surface area contributed by atoms with Crippen molar-refractivity contribution in [3.63, 3.8) is 0 Å². The van der Waals surface area contributed by atoms with Crippen molar-refractivity contribution in [2.24, 2.45) is 0 Å². The molecule has 0 spiro atoms. The molecule has 1 fully saturated rings. The molecule has 2 aliphatic heterocycles. The summed E-state index contributed by atoms with van der Waals surface area (Å²) in [5.74, 6) is 1.29. The molecule has 3 aromatic rings. The van der Waals surface area contributed by atoms with Crippen LogP contribution in [0.25, 0.3) is 0 Å². The highest BCUT2D eigenvalue weighted by Crippen LogP contribution is 2.44. The topological polar surface area (TPSA) is 61.9 Å².